The first-order valence-electron chi connectivity index (χ1n) is 9.20. The topological polar surface area (TPSA) is 29.0 Å². The minimum absolute atomic E-state index is 0.0165. The third-order valence-corrected chi connectivity index (χ3v) is 6.15. The van der Waals surface area contributed by atoms with Crippen LogP contribution in [0.3, 0.4) is 0 Å². The van der Waals surface area contributed by atoms with Crippen LogP contribution in [-0.4, -0.2) is 9.97 Å². The van der Waals surface area contributed by atoms with Crippen LogP contribution in [-0.2, 0) is 6.54 Å². The number of para-hydroxylation sites is 1. The van der Waals surface area contributed by atoms with Gasteiger partial charge in [-0.3, -0.25) is 4.98 Å². The van der Waals surface area contributed by atoms with Crippen molar-refractivity contribution in [3.05, 3.63) is 95.1 Å². The maximum atomic E-state index is 14.3. The van der Waals surface area contributed by atoms with Gasteiger partial charge in [0.25, 0.3) is 0 Å². The van der Waals surface area contributed by atoms with E-state index in [4.69, 9.17) is 16.6 Å². The van der Waals surface area contributed by atoms with Crippen LogP contribution in [0.15, 0.2) is 72.9 Å². The van der Waals surface area contributed by atoms with Crippen LogP contribution < -0.4 is 4.90 Å². The van der Waals surface area contributed by atoms with Gasteiger partial charge < -0.3 is 4.90 Å². The average molecular weight is 438 g/mol. The molecule has 0 unspecified atom stereocenters. The third kappa shape index (κ3) is 3.38. The van der Waals surface area contributed by atoms with Gasteiger partial charge in [0.05, 0.1) is 16.8 Å². The molecule has 3 aromatic carbocycles. The monoisotopic (exact) mass is 437 g/mol. The zero-order valence-corrected chi connectivity index (χ0v) is 17.1. The summed E-state index contributed by atoms with van der Waals surface area (Å²) in [5, 5.41) is 1.95. The summed E-state index contributed by atoms with van der Waals surface area (Å²) >= 11 is 7.80. The highest BCUT2D eigenvalue weighted by Crippen LogP contribution is 2.36. The first kappa shape index (κ1) is 18.9. The van der Waals surface area contributed by atoms with Crippen molar-refractivity contribution >= 4 is 54.9 Å². The second kappa shape index (κ2) is 7.63. The summed E-state index contributed by atoms with van der Waals surface area (Å²) in [4.78, 5) is 10.8. The maximum absolute atomic E-state index is 14.3. The van der Waals surface area contributed by atoms with Gasteiger partial charge in [0.15, 0.2) is 16.8 Å². The Morgan fingerprint density at radius 1 is 0.967 bits per heavy atom. The van der Waals surface area contributed by atoms with E-state index in [2.05, 4.69) is 4.98 Å². The van der Waals surface area contributed by atoms with E-state index in [1.807, 2.05) is 59.5 Å². The fourth-order valence-electron chi connectivity index (χ4n) is 3.41. The molecule has 30 heavy (non-hydrogen) atoms. The number of anilines is 2. The van der Waals surface area contributed by atoms with Crippen molar-refractivity contribution < 1.29 is 8.78 Å². The molecule has 0 aliphatic heterocycles. The second-order valence-corrected chi connectivity index (χ2v) is 8.20. The van der Waals surface area contributed by atoms with E-state index >= 15 is 0 Å². The lowest BCUT2D eigenvalue weighted by atomic mass is 10.1. The fraction of sp³-hybridized carbons (Fsp3) is 0.0435. The van der Waals surface area contributed by atoms with E-state index in [1.54, 1.807) is 17.4 Å². The number of hydrogen-bond donors (Lipinski definition) is 0. The molecule has 5 rings (SSSR count). The van der Waals surface area contributed by atoms with Crippen LogP contribution in [0.1, 0.15) is 5.56 Å². The number of nitrogens with zero attached hydrogens (tertiary/aromatic N) is 3. The third-order valence-electron chi connectivity index (χ3n) is 4.86. The first-order valence-corrected chi connectivity index (χ1v) is 10.4. The Balaban J connectivity index is 1.66. The number of benzene rings is 3. The summed E-state index contributed by atoms with van der Waals surface area (Å²) in [5.41, 5.74) is 2.58. The Labute approximate surface area is 180 Å². The van der Waals surface area contributed by atoms with E-state index in [1.165, 1.54) is 6.20 Å². The standard InChI is InChI=1S/C23H14ClF2N3S/c24-15-4-3-5-16(12-15)29(23-28-19-6-1-2-7-20(19)30-23)13-14-10-11-27-22-17(14)8-9-18(25)21(22)26/h1-12H,13H2. The lowest BCUT2D eigenvalue weighted by molar-refractivity contribution is 0.515. The van der Waals surface area contributed by atoms with Crippen molar-refractivity contribution in [3.8, 4) is 0 Å². The molecule has 7 heteroatoms. The maximum Gasteiger partial charge on any atom is 0.191 e. The highest BCUT2D eigenvalue weighted by Gasteiger charge is 2.18. The summed E-state index contributed by atoms with van der Waals surface area (Å²) in [6, 6.07) is 19.9. The molecular weight excluding hydrogens is 424 g/mol. The largest absolute Gasteiger partial charge is 0.313 e. The van der Waals surface area contributed by atoms with Gasteiger partial charge in [-0.25, -0.2) is 13.8 Å². The second-order valence-electron chi connectivity index (χ2n) is 6.76. The Morgan fingerprint density at radius 3 is 2.67 bits per heavy atom. The number of hydrogen-bond acceptors (Lipinski definition) is 4. The van der Waals surface area contributed by atoms with E-state index in [9.17, 15) is 8.78 Å². The number of thiazole rings is 1. The van der Waals surface area contributed by atoms with Gasteiger partial charge in [-0.1, -0.05) is 41.1 Å². The van der Waals surface area contributed by atoms with Gasteiger partial charge in [0.2, 0.25) is 0 Å². The molecule has 2 heterocycles. The zero-order chi connectivity index (χ0) is 20.7. The molecule has 0 fully saturated rings. The summed E-state index contributed by atoms with van der Waals surface area (Å²) < 4.78 is 29.0. The molecule has 0 bridgehead atoms. The smallest absolute Gasteiger partial charge is 0.191 e. The molecule has 0 spiro atoms. The van der Waals surface area contributed by atoms with Crippen molar-refractivity contribution in [1.82, 2.24) is 9.97 Å². The van der Waals surface area contributed by atoms with Crippen molar-refractivity contribution in [2.24, 2.45) is 0 Å². The number of fused-ring (bicyclic) bond motifs is 2. The lowest BCUT2D eigenvalue weighted by Crippen LogP contribution is -2.16. The molecule has 0 atom stereocenters. The summed E-state index contributed by atoms with van der Waals surface area (Å²) in [7, 11) is 0. The Bertz CT molecular complexity index is 1350. The molecule has 0 saturated heterocycles. The highest BCUT2D eigenvalue weighted by molar-refractivity contribution is 7.22. The summed E-state index contributed by atoms with van der Waals surface area (Å²) in [5.74, 6) is -1.85. The minimum atomic E-state index is -0.941. The Kier molecular flexibility index (Phi) is 4.81. The number of halogens is 3. The molecule has 0 N–H and O–H groups in total. The van der Waals surface area contributed by atoms with E-state index in [0.717, 1.165) is 32.7 Å². The van der Waals surface area contributed by atoms with Gasteiger partial charge in [-0.05, 0) is 54.1 Å². The molecule has 0 radical (unpaired) electrons. The molecular formula is C23H14ClF2N3S. The van der Waals surface area contributed by atoms with Crippen LogP contribution in [0.4, 0.5) is 19.6 Å². The van der Waals surface area contributed by atoms with E-state index in [0.29, 0.717) is 17.0 Å². The fourth-order valence-corrected chi connectivity index (χ4v) is 4.58. The van der Waals surface area contributed by atoms with E-state index in [-0.39, 0.29) is 5.52 Å². The number of aromatic nitrogens is 2. The van der Waals surface area contributed by atoms with Crippen LogP contribution in [0.25, 0.3) is 21.1 Å². The molecule has 0 amide bonds. The molecule has 5 aromatic rings. The predicted molar refractivity (Wildman–Crippen MR) is 119 cm³/mol. The quantitative estimate of drug-likeness (QED) is 0.300. The minimum Gasteiger partial charge on any atom is -0.313 e. The van der Waals surface area contributed by atoms with Crippen molar-refractivity contribution in [1.29, 1.82) is 0 Å². The Hall–Kier alpha value is -3.09. The van der Waals surface area contributed by atoms with Gasteiger partial charge in [-0.15, -0.1) is 0 Å². The molecule has 3 nitrogen and oxygen atoms in total. The summed E-state index contributed by atoms with van der Waals surface area (Å²) in [6.45, 7) is 0.393. The molecule has 0 aliphatic rings. The zero-order valence-electron chi connectivity index (χ0n) is 15.5. The van der Waals surface area contributed by atoms with Crippen molar-refractivity contribution in [2.45, 2.75) is 6.54 Å². The van der Waals surface area contributed by atoms with Crippen molar-refractivity contribution in [3.63, 3.8) is 0 Å². The lowest BCUT2D eigenvalue weighted by Gasteiger charge is -2.23. The number of rotatable bonds is 4. The SMILES string of the molecule is Fc1ccc2c(CN(c3cccc(Cl)c3)c3nc4ccccc4s3)ccnc2c1F. The molecule has 0 aliphatic carbocycles. The van der Waals surface area contributed by atoms with Gasteiger partial charge in [0, 0.05) is 22.3 Å². The Morgan fingerprint density at radius 2 is 1.83 bits per heavy atom. The highest BCUT2D eigenvalue weighted by atomic mass is 35.5. The van der Waals surface area contributed by atoms with Crippen LogP contribution in [0.2, 0.25) is 5.02 Å². The predicted octanol–water partition coefficient (Wildman–Crippen LogP) is 7.11. The van der Waals surface area contributed by atoms with Gasteiger partial charge >= 0.3 is 0 Å². The number of pyridine rings is 1. The molecule has 2 aromatic heterocycles. The normalized spacial score (nSPS) is 11.3. The van der Waals surface area contributed by atoms with Gasteiger partial charge in [-0.2, -0.15) is 0 Å². The molecule has 148 valence electrons. The van der Waals surface area contributed by atoms with Crippen LogP contribution >= 0.6 is 22.9 Å². The summed E-state index contributed by atoms with van der Waals surface area (Å²) in [6.07, 6.45) is 1.49. The average Bonchev–Trinajstić information content (AvgIpc) is 3.18. The van der Waals surface area contributed by atoms with E-state index < -0.39 is 11.6 Å². The van der Waals surface area contributed by atoms with Crippen LogP contribution in [0.5, 0.6) is 0 Å². The van der Waals surface area contributed by atoms with Gasteiger partial charge in [0.1, 0.15) is 5.52 Å². The van der Waals surface area contributed by atoms with Crippen LogP contribution in [0, 0.1) is 11.6 Å². The molecule has 0 saturated carbocycles. The first-order chi connectivity index (χ1) is 14.6. The van der Waals surface area contributed by atoms with Crippen molar-refractivity contribution in [2.75, 3.05) is 4.90 Å².